The van der Waals surface area contributed by atoms with Crippen molar-refractivity contribution in [3.63, 3.8) is 0 Å². The van der Waals surface area contributed by atoms with Gasteiger partial charge in [-0.15, -0.1) is 0 Å². The van der Waals surface area contributed by atoms with Crippen LogP contribution in [0.4, 0.5) is 10.5 Å². The molecule has 3 N–H and O–H groups in total. The van der Waals surface area contributed by atoms with E-state index in [2.05, 4.69) is 10.6 Å². The van der Waals surface area contributed by atoms with Gasteiger partial charge < -0.3 is 15.7 Å². The molecular weight excluding hydrogens is 192 g/mol. The van der Waals surface area contributed by atoms with E-state index in [1.54, 1.807) is 6.92 Å². The third-order valence-corrected chi connectivity index (χ3v) is 1.83. The first-order valence-electron chi connectivity index (χ1n) is 4.87. The van der Waals surface area contributed by atoms with Crippen LogP contribution in [0.15, 0.2) is 24.3 Å². The van der Waals surface area contributed by atoms with Gasteiger partial charge in [-0.25, -0.2) is 4.79 Å². The monoisotopic (exact) mass is 208 g/mol. The molecule has 82 valence electrons. The van der Waals surface area contributed by atoms with Gasteiger partial charge in [0, 0.05) is 12.2 Å². The molecule has 1 aromatic carbocycles. The second-order valence-corrected chi connectivity index (χ2v) is 3.55. The van der Waals surface area contributed by atoms with Gasteiger partial charge in [-0.3, -0.25) is 0 Å². The molecule has 4 nitrogen and oxygen atoms in total. The average molecular weight is 208 g/mol. The van der Waals surface area contributed by atoms with Crippen LogP contribution in [0.3, 0.4) is 0 Å². The van der Waals surface area contributed by atoms with Crippen LogP contribution in [0.1, 0.15) is 12.5 Å². The summed E-state index contributed by atoms with van der Waals surface area (Å²) in [6.45, 7) is 3.82. The van der Waals surface area contributed by atoms with Gasteiger partial charge in [-0.05, 0) is 31.5 Å². The number of aliphatic hydroxyl groups is 1. The van der Waals surface area contributed by atoms with Crippen molar-refractivity contribution < 1.29 is 9.90 Å². The van der Waals surface area contributed by atoms with Crippen LogP contribution < -0.4 is 10.6 Å². The zero-order valence-corrected chi connectivity index (χ0v) is 8.95. The molecule has 0 aliphatic rings. The Bertz CT molecular complexity index is 337. The Labute approximate surface area is 89.3 Å². The lowest BCUT2D eigenvalue weighted by Gasteiger charge is -2.09. The first-order valence-corrected chi connectivity index (χ1v) is 4.87. The molecule has 0 saturated heterocycles. The van der Waals surface area contributed by atoms with Crippen molar-refractivity contribution in [2.24, 2.45) is 0 Å². The van der Waals surface area contributed by atoms with E-state index in [0.29, 0.717) is 0 Å². The molecule has 2 amide bonds. The molecule has 1 aromatic rings. The van der Waals surface area contributed by atoms with Crippen LogP contribution in [0.2, 0.25) is 0 Å². The van der Waals surface area contributed by atoms with Gasteiger partial charge in [0.15, 0.2) is 0 Å². The number of urea groups is 1. The van der Waals surface area contributed by atoms with Gasteiger partial charge in [0.1, 0.15) is 0 Å². The summed E-state index contributed by atoms with van der Waals surface area (Å²) in [5.74, 6) is 0. The van der Waals surface area contributed by atoms with Gasteiger partial charge in [0.2, 0.25) is 0 Å². The van der Waals surface area contributed by atoms with Crippen LogP contribution in [-0.2, 0) is 0 Å². The quantitative estimate of drug-likeness (QED) is 0.705. The highest BCUT2D eigenvalue weighted by molar-refractivity contribution is 5.89. The Balaban J connectivity index is 2.44. The van der Waals surface area contributed by atoms with Crippen molar-refractivity contribution in [2.45, 2.75) is 20.0 Å². The number of benzene rings is 1. The van der Waals surface area contributed by atoms with E-state index >= 15 is 0 Å². The topological polar surface area (TPSA) is 61.4 Å². The molecule has 0 fully saturated rings. The maximum Gasteiger partial charge on any atom is 0.319 e. The molecule has 0 aliphatic heterocycles. The maximum atomic E-state index is 11.3. The van der Waals surface area contributed by atoms with Crippen molar-refractivity contribution in [3.8, 4) is 0 Å². The highest BCUT2D eigenvalue weighted by Crippen LogP contribution is 2.08. The minimum Gasteiger partial charge on any atom is -0.392 e. The van der Waals surface area contributed by atoms with Crippen LogP contribution in [0.25, 0.3) is 0 Å². The predicted octanol–water partition coefficient (Wildman–Crippen LogP) is 1.50. The zero-order valence-electron chi connectivity index (χ0n) is 8.95. The number of carbonyl (C=O) groups is 1. The minimum absolute atomic E-state index is 0.248. The van der Waals surface area contributed by atoms with Crippen molar-refractivity contribution in [1.29, 1.82) is 0 Å². The van der Waals surface area contributed by atoms with Crippen molar-refractivity contribution >= 4 is 11.7 Å². The van der Waals surface area contributed by atoms with Gasteiger partial charge in [-0.1, -0.05) is 12.1 Å². The summed E-state index contributed by atoms with van der Waals surface area (Å²) in [6, 6.07) is 7.22. The lowest BCUT2D eigenvalue weighted by atomic mass is 10.2. The Kier molecular flexibility index (Phi) is 4.12. The zero-order chi connectivity index (χ0) is 11.3. The number of aryl methyl sites for hydroxylation is 1. The molecule has 4 heteroatoms. The number of hydrogen-bond acceptors (Lipinski definition) is 2. The molecule has 1 rings (SSSR count). The Morgan fingerprint density at radius 3 is 2.87 bits per heavy atom. The molecule has 0 bridgehead atoms. The molecule has 0 radical (unpaired) electrons. The van der Waals surface area contributed by atoms with Crippen LogP contribution in [0, 0.1) is 6.92 Å². The third-order valence-electron chi connectivity index (χ3n) is 1.83. The fraction of sp³-hybridized carbons (Fsp3) is 0.364. The maximum absolute atomic E-state index is 11.3. The number of amides is 2. The summed E-state index contributed by atoms with van der Waals surface area (Å²) in [5, 5.41) is 14.2. The lowest BCUT2D eigenvalue weighted by molar-refractivity contribution is 0.190. The molecule has 0 unspecified atom stereocenters. The second kappa shape index (κ2) is 5.36. The third kappa shape index (κ3) is 4.46. The molecular formula is C11H16N2O2. The van der Waals surface area contributed by atoms with E-state index in [-0.39, 0.29) is 12.6 Å². The molecule has 1 atom stereocenters. The van der Waals surface area contributed by atoms with Gasteiger partial charge >= 0.3 is 6.03 Å². The molecule has 0 heterocycles. The van der Waals surface area contributed by atoms with E-state index in [1.165, 1.54) is 0 Å². The number of aliphatic hydroxyl groups excluding tert-OH is 1. The van der Waals surface area contributed by atoms with E-state index in [0.717, 1.165) is 11.3 Å². The fourth-order valence-electron chi connectivity index (χ4n) is 1.14. The lowest BCUT2D eigenvalue weighted by Crippen LogP contribution is -2.34. The first-order chi connectivity index (χ1) is 7.08. The van der Waals surface area contributed by atoms with E-state index in [9.17, 15) is 4.79 Å². The van der Waals surface area contributed by atoms with Crippen molar-refractivity contribution in [2.75, 3.05) is 11.9 Å². The summed E-state index contributed by atoms with van der Waals surface area (Å²) in [7, 11) is 0. The summed E-state index contributed by atoms with van der Waals surface area (Å²) in [6.07, 6.45) is -0.534. The van der Waals surface area contributed by atoms with Crippen LogP contribution in [0.5, 0.6) is 0 Å². The summed E-state index contributed by atoms with van der Waals surface area (Å²) in [4.78, 5) is 11.3. The highest BCUT2D eigenvalue weighted by Gasteiger charge is 2.02. The largest absolute Gasteiger partial charge is 0.392 e. The highest BCUT2D eigenvalue weighted by atomic mass is 16.3. The summed E-state index contributed by atoms with van der Waals surface area (Å²) < 4.78 is 0. The van der Waals surface area contributed by atoms with E-state index < -0.39 is 6.10 Å². The van der Waals surface area contributed by atoms with Gasteiger partial charge in [0.25, 0.3) is 0 Å². The molecule has 15 heavy (non-hydrogen) atoms. The molecule has 0 aliphatic carbocycles. The Hall–Kier alpha value is -1.55. The van der Waals surface area contributed by atoms with Crippen molar-refractivity contribution in [1.82, 2.24) is 5.32 Å². The van der Waals surface area contributed by atoms with Gasteiger partial charge in [-0.2, -0.15) is 0 Å². The van der Waals surface area contributed by atoms with Crippen LogP contribution >= 0.6 is 0 Å². The molecule has 0 spiro atoms. The Morgan fingerprint density at radius 2 is 2.27 bits per heavy atom. The minimum atomic E-state index is -0.534. The number of nitrogens with one attached hydrogen (secondary N) is 2. The second-order valence-electron chi connectivity index (χ2n) is 3.55. The smallest absolute Gasteiger partial charge is 0.319 e. The normalized spacial score (nSPS) is 11.9. The van der Waals surface area contributed by atoms with Crippen LogP contribution in [-0.4, -0.2) is 23.8 Å². The SMILES string of the molecule is Cc1cccc(NC(=O)NC[C@@H](C)O)c1. The first kappa shape index (κ1) is 11.5. The number of rotatable bonds is 3. The number of carbonyl (C=O) groups excluding carboxylic acids is 1. The number of anilines is 1. The molecule has 0 saturated carbocycles. The predicted molar refractivity (Wildman–Crippen MR) is 59.9 cm³/mol. The van der Waals surface area contributed by atoms with E-state index in [4.69, 9.17) is 5.11 Å². The van der Waals surface area contributed by atoms with Crippen molar-refractivity contribution in [3.05, 3.63) is 29.8 Å². The van der Waals surface area contributed by atoms with E-state index in [1.807, 2.05) is 31.2 Å². The van der Waals surface area contributed by atoms with Gasteiger partial charge in [0.05, 0.1) is 6.10 Å². The fourth-order valence-corrected chi connectivity index (χ4v) is 1.14. The summed E-state index contributed by atoms with van der Waals surface area (Å²) >= 11 is 0. The summed E-state index contributed by atoms with van der Waals surface area (Å²) in [5.41, 5.74) is 1.83. The average Bonchev–Trinajstić information content (AvgIpc) is 2.15. The Morgan fingerprint density at radius 1 is 1.53 bits per heavy atom. The number of hydrogen-bond donors (Lipinski definition) is 3. The standard InChI is InChI=1S/C11H16N2O2/c1-8-4-3-5-10(6-8)13-11(15)12-7-9(2)14/h3-6,9,14H,7H2,1-2H3,(H2,12,13,15)/t9-/m1/s1. The molecule has 0 aromatic heterocycles.